The molecule has 1 rings (SSSR count). The molecule has 0 bridgehead atoms. The molecule has 1 aliphatic heterocycles. The van der Waals surface area contributed by atoms with E-state index in [-0.39, 0.29) is 0 Å². The molecule has 1 heterocycles. The van der Waals surface area contributed by atoms with Crippen molar-refractivity contribution in [1.82, 2.24) is 0 Å². The van der Waals surface area contributed by atoms with E-state index in [9.17, 15) is 9.67 Å². The first-order valence-electron chi connectivity index (χ1n) is 3.81. The third-order valence-electron chi connectivity index (χ3n) is 1.96. The van der Waals surface area contributed by atoms with Crippen LogP contribution in [-0.2, 0) is 13.6 Å². The predicted molar refractivity (Wildman–Crippen MR) is 45.0 cm³/mol. The molecule has 1 saturated heterocycles. The highest BCUT2D eigenvalue weighted by Gasteiger charge is 2.57. The van der Waals surface area contributed by atoms with Crippen LogP contribution in [0.3, 0.4) is 0 Å². The van der Waals surface area contributed by atoms with Crippen LogP contribution in [0.1, 0.15) is 27.2 Å². The van der Waals surface area contributed by atoms with Crippen LogP contribution in [0.5, 0.6) is 0 Å². The van der Waals surface area contributed by atoms with Gasteiger partial charge in [0.15, 0.2) is 5.34 Å². The van der Waals surface area contributed by atoms with Gasteiger partial charge >= 0.3 is 7.60 Å². The third-order valence-corrected chi connectivity index (χ3v) is 4.51. The first kappa shape index (κ1) is 10.2. The van der Waals surface area contributed by atoms with Crippen LogP contribution in [0.15, 0.2) is 0 Å². The zero-order chi connectivity index (χ0) is 9.62. The molecule has 1 fully saturated rings. The summed E-state index contributed by atoms with van der Waals surface area (Å²) < 4.78 is 21.7. The van der Waals surface area contributed by atoms with E-state index < -0.39 is 18.5 Å². The molecule has 0 unspecified atom stereocenters. The zero-order valence-corrected chi connectivity index (χ0v) is 8.72. The van der Waals surface area contributed by atoms with Crippen molar-refractivity contribution >= 4 is 7.60 Å². The molecule has 0 amide bonds. The molecule has 0 spiro atoms. The van der Waals surface area contributed by atoms with Gasteiger partial charge < -0.3 is 14.2 Å². The topological polar surface area (TPSA) is 55.8 Å². The highest BCUT2D eigenvalue weighted by molar-refractivity contribution is 7.55. The van der Waals surface area contributed by atoms with Crippen LogP contribution >= 0.6 is 7.60 Å². The largest absolute Gasteiger partial charge is 0.377 e. The van der Waals surface area contributed by atoms with Crippen LogP contribution in [0.4, 0.5) is 0 Å². The molecule has 0 radical (unpaired) electrons. The Balaban J connectivity index is 3.00. The maximum atomic E-state index is 11.8. The van der Waals surface area contributed by atoms with E-state index in [0.29, 0.717) is 6.42 Å². The van der Waals surface area contributed by atoms with Crippen molar-refractivity contribution in [2.45, 2.75) is 38.1 Å². The van der Waals surface area contributed by atoms with Crippen LogP contribution in [0.25, 0.3) is 0 Å². The molecular formula is C7H15O4P. The third kappa shape index (κ3) is 1.44. The van der Waals surface area contributed by atoms with Crippen LogP contribution in [0.2, 0.25) is 0 Å². The van der Waals surface area contributed by atoms with Gasteiger partial charge in [-0.2, -0.15) is 0 Å². The van der Waals surface area contributed by atoms with Crippen molar-refractivity contribution in [2.24, 2.45) is 0 Å². The van der Waals surface area contributed by atoms with Gasteiger partial charge in [-0.25, -0.2) is 0 Å². The molecule has 4 nitrogen and oxygen atoms in total. The van der Waals surface area contributed by atoms with Crippen LogP contribution in [-0.4, -0.2) is 23.2 Å². The first-order chi connectivity index (χ1) is 5.22. The van der Waals surface area contributed by atoms with E-state index in [4.69, 9.17) is 9.05 Å². The molecular weight excluding hydrogens is 179 g/mol. The average molecular weight is 194 g/mol. The minimum Gasteiger partial charge on any atom is -0.377 e. The summed E-state index contributed by atoms with van der Waals surface area (Å²) in [5, 5.41) is 8.38. The fraction of sp³-hybridized carbons (Fsp3) is 1.00. The normalized spacial score (nSPS) is 46.4. The van der Waals surface area contributed by atoms with Gasteiger partial charge in [0.2, 0.25) is 0 Å². The van der Waals surface area contributed by atoms with Gasteiger partial charge in [-0.1, -0.05) is 0 Å². The van der Waals surface area contributed by atoms with Gasteiger partial charge in [0.05, 0.1) is 5.60 Å². The summed E-state index contributed by atoms with van der Waals surface area (Å²) in [5.41, 5.74) is -0.574. The molecule has 0 aromatic carbocycles. The van der Waals surface area contributed by atoms with Crippen molar-refractivity contribution in [2.75, 3.05) is 7.11 Å². The molecule has 72 valence electrons. The molecule has 12 heavy (non-hydrogen) atoms. The molecule has 0 aromatic heterocycles. The lowest BCUT2D eigenvalue weighted by Gasteiger charge is -2.20. The molecule has 5 heteroatoms. The van der Waals surface area contributed by atoms with Gasteiger partial charge in [0.1, 0.15) is 0 Å². The summed E-state index contributed by atoms with van der Waals surface area (Å²) in [4.78, 5) is 0. The SMILES string of the molecule is CO[P@@]1(=O)OC(C)(C)C[C@]1(C)O. The second-order valence-corrected chi connectivity index (χ2v) is 6.43. The van der Waals surface area contributed by atoms with E-state index in [1.807, 2.05) is 0 Å². The van der Waals surface area contributed by atoms with E-state index in [1.54, 1.807) is 13.8 Å². The number of hydrogen-bond donors (Lipinski definition) is 1. The fourth-order valence-electron chi connectivity index (χ4n) is 1.59. The summed E-state index contributed by atoms with van der Waals surface area (Å²) in [7, 11) is -2.03. The highest BCUT2D eigenvalue weighted by Crippen LogP contribution is 2.68. The standard InChI is InChI=1S/C7H15O4P/c1-6(2)5-7(3,8)12(9,10-4)11-6/h8H,5H2,1-4H3/t7-,12-/m1/s1. The van der Waals surface area contributed by atoms with Gasteiger partial charge in [-0.15, -0.1) is 0 Å². The lowest BCUT2D eigenvalue weighted by Crippen LogP contribution is -2.24. The Morgan fingerprint density at radius 3 is 2.17 bits per heavy atom. The Kier molecular flexibility index (Phi) is 2.16. The Morgan fingerprint density at radius 2 is 2.00 bits per heavy atom. The zero-order valence-electron chi connectivity index (χ0n) is 7.83. The second kappa shape index (κ2) is 2.55. The van der Waals surface area contributed by atoms with E-state index in [1.165, 1.54) is 14.0 Å². The summed E-state index contributed by atoms with van der Waals surface area (Å²) in [6, 6.07) is 0. The second-order valence-electron chi connectivity index (χ2n) is 3.92. The maximum Gasteiger partial charge on any atom is 0.361 e. The summed E-state index contributed by atoms with van der Waals surface area (Å²) in [5.74, 6) is 0. The molecule has 2 atom stereocenters. The quantitative estimate of drug-likeness (QED) is 0.646. The lowest BCUT2D eigenvalue weighted by molar-refractivity contribution is 0.0928. The van der Waals surface area contributed by atoms with Gasteiger partial charge in [-0.05, 0) is 20.8 Å². The molecule has 0 aliphatic carbocycles. The predicted octanol–water partition coefficient (Wildman–Crippen LogP) is 1.73. The van der Waals surface area contributed by atoms with Gasteiger partial charge in [0.25, 0.3) is 0 Å². The lowest BCUT2D eigenvalue weighted by atomic mass is 10.0. The summed E-state index contributed by atoms with van der Waals surface area (Å²) in [6.07, 6.45) is 0.325. The molecule has 1 N–H and O–H groups in total. The minimum absolute atomic E-state index is 0.325. The maximum absolute atomic E-state index is 11.8. The number of hydrogen-bond acceptors (Lipinski definition) is 4. The van der Waals surface area contributed by atoms with Crippen LogP contribution < -0.4 is 0 Å². The number of rotatable bonds is 1. The van der Waals surface area contributed by atoms with Crippen LogP contribution in [0, 0.1) is 0 Å². The Morgan fingerprint density at radius 1 is 1.50 bits per heavy atom. The van der Waals surface area contributed by atoms with Crippen molar-refractivity contribution in [3.8, 4) is 0 Å². The van der Waals surface area contributed by atoms with E-state index >= 15 is 0 Å². The van der Waals surface area contributed by atoms with E-state index in [0.717, 1.165) is 0 Å². The van der Waals surface area contributed by atoms with Gasteiger partial charge in [-0.3, -0.25) is 4.57 Å². The van der Waals surface area contributed by atoms with E-state index in [2.05, 4.69) is 0 Å². The van der Waals surface area contributed by atoms with Crippen molar-refractivity contribution in [3.05, 3.63) is 0 Å². The highest BCUT2D eigenvalue weighted by atomic mass is 31.2. The average Bonchev–Trinajstić information content (AvgIpc) is 1.98. The number of aliphatic hydroxyl groups is 1. The van der Waals surface area contributed by atoms with Gasteiger partial charge in [0, 0.05) is 13.5 Å². The Bertz CT molecular complexity index is 234. The van der Waals surface area contributed by atoms with Crippen molar-refractivity contribution in [1.29, 1.82) is 0 Å². The monoisotopic (exact) mass is 194 g/mol. The molecule has 1 aliphatic rings. The van der Waals surface area contributed by atoms with Crippen molar-refractivity contribution in [3.63, 3.8) is 0 Å². The Hall–Kier alpha value is 0.110. The first-order valence-corrected chi connectivity index (χ1v) is 5.36. The minimum atomic E-state index is -3.32. The fourth-order valence-corrected chi connectivity index (χ4v) is 3.55. The summed E-state index contributed by atoms with van der Waals surface area (Å²) >= 11 is 0. The molecule has 0 saturated carbocycles. The Labute approximate surface area is 72.4 Å². The smallest absolute Gasteiger partial charge is 0.361 e. The molecule has 0 aromatic rings. The van der Waals surface area contributed by atoms with Crippen molar-refractivity contribution < 1.29 is 18.7 Å². The summed E-state index contributed by atoms with van der Waals surface area (Å²) in [6.45, 7) is 5.03.